The summed E-state index contributed by atoms with van der Waals surface area (Å²) in [4.78, 5) is 0. The Kier molecular flexibility index (Phi) is 6.90. The molecule has 1 aromatic carbocycles. The van der Waals surface area contributed by atoms with E-state index in [0.717, 1.165) is 30.3 Å². The first-order chi connectivity index (χ1) is 7.86. The van der Waals surface area contributed by atoms with Gasteiger partial charge in [-0.15, -0.1) is 0 Å². The number of ether oxygens (including phenoxy) is 2. The van der Waals surface area contributed by atoms with Crippen molar-refractivity contribution in [3.05, 3.63) is 24.3 Å². The van der Waals surface area contributed by atoms with Crippen molar-refractivity contribution in [1.82, 2.24) is 0 Å². The zero-order valence-corrected chi connectivity index (χ0v) is 10.7. The predicted molar refractivity (Wildman–Crippen MR) is 70.8 cm³/mol. The van der Waals surface area contributed by atoms with E-state index in [9.17, 15) is 0 Å². The van der Waals surface area contributed by atoms with Gasteiger partial charge in [0.15, 0.2) is 0 Å². The molecule has 0 fully saturated rings. The lowest BCUT2D eigenvalue weighted by Gasteiger charge is -2.07. The summed E-state index contributed by atoms with van der Waals surface area (Å²) >= 11 is 4.18. The molecule has 0 aliphatic heterocycles. The molecular formula is C13H20O2S. The summed E-state index contributed by atoms with van der Waals surface area (Å²) < 4.78 is 10.8. The van der Waals surface area contributed by atoms with Gasteiger partial charge in [0.1, 0.15) is 11.5 Å². The van der Waals surface area contributed by atoms with Crippen LogP contribution in [0.2, 0.25) is 0 Å². The fraction of sp³-hybridized carbons (Fsp3) is 0.538. The number of hydrogen-bond donors (Lipinski definition) is 1. The highest BCUT2D eigenvalue weighted by Gasteiger charge is 1.96. The molecule has 1 rings (SSSR count). The highest BCUT2D eigenvalue weighted by molar-refractivity contribution is 7.80. The topological polar surface area (TPSA) is 18.5 Å². The van der Waals surface area contributed by atoms with Crippen molar-refractivity contribution in [3.63, 3.8) is 0 Å². The summed E-state index contributed by atoms with van der Waals surface area (Å²) in [6, 6.07) is 7.72. The van der Waals surface area contributed by atoms with Gasteiger partial charge < -0.3 is 9.47 Å². The third kappa shape index (κ3) is 5.31. The molecule has 0 bridgehead atoms. The van der Waals surface area contributed by atoms with E-state index in [1.54, 1.807) is 7.11 Å². The van der Waals surface area contributed by atoms with Crippen LogP contribution in [0.25, 0.3) is 0 Å². The summed E-state index contributed by atoms with van der Waals surface area (Å²) in [5, 5.41) is 0. The van der Waals surface area contributed by atoms with E-state index in [4.69, 9.17) is 9.47 Å². The van der Waals surface area contributed by atoms with Gasteiger partial charge in [-0.3, -0.25) is 0 Å². The minimum atomic E-state index is 0.778. The van der Waals surface area contributed by atoms with Gasteiger partial charge in [-0.05, 0) is 30.7 Å². The first-order valence-electron chi connectivity index (χ1n) is 5.74. The van der Waals surface area contributed by atoms with E-state index in [2.05, 4.69) is 12.6 Å². The predicted octanol–water partition coefficient (Wildman–Crippen LogP) is 3.56. The second kappa shape index (κ2) is 8.34. The van der Waals surface area contributed by atoms with Gasteiger partial charge in [-0.25, -0.2) is 0 Å². The number of methoxy groups -OCH3 is 1. The minimum Gasteiger partial charge on any atom is -0.497 e. The van der Waals surface area contributed by atoms with E-state index < -0.39 is 0 Å². The van der Waals surface area contributed by atoms with E-state index in [1.165, 1.54) is 19.3 Å². The second-order valence-electron chi connectivity index (χ2n) is 3.67. The largest absolute Gasteiger partial charge is 0.497 e. The van der Waals surface area contributed by atoms with Crippen molar-refractivity contribution in [1.29, 1.82) is 0 Å². The lowest BCUT2D eigenvalue weighted by atomic mass is 10.2. The van der Waals surface area contributed by atoms with Crippen molar-refractivity contribution in [2.45, 2.75) is 25.7 Å². The average molecular weight is 240 g/mol. The molecule has 0 saturated carbocycles. The number of hydrogen-bond acceptors (Lipinski definition) is 3. The third-order valence-corrected chi connectivity index (χ3v) is 2.68. The Morgan fingerprint density at radius 2 is 1.81 bits per heavy atom. The maximum Gasteiger partial charge on any atom is 0.122 e. The molecule has 0 atom stereocenters. The summed E-state index contributed by atoms with van der Waals surface area (Å²) in [7, 11) is 1.66. The molecule has 0 unspecified atom stereocenters. The number of benzene rings is 1. The zero-order valence-electron chi connectivity index (χ0n) is 9.82. The standard InChI is InChI=1S/C13H20O2S/c1-14-12-7-6-8-13(11-12)15-9-4-2-3-5-10-16/h6-8,11,16H,2-5,9-10H2,1H3. The van der Waals surface area contributed by atoms with Crippen LogP contribution in [-0.2, 0) is 0 Å². The lowest BCUT2D eigenvalue weighted by molar-refractivity contribution is 0.303. The van der Waals surface area contributed by atoms with E-state index in [0.29, 0.717) is 0 Å². The SMILES string of the molecule is COc1cccc(OCCCCCCS)c1. The van der Waals surface area contributed by atoms with Crippen LogP contribution in [0.1, 0.15) is 25.7 Å². The maximum absolute atomic E-state index is 5.63. The van der Waals surface area contributed by atoms with E-state index in [1.807, 2.05) is 24.3 Å². The molecular weight excluding hydrogens is 220 g/mol. The molecule has 0 amide bonds. The van der Waals surface area contributed by atoms with Crippen LogP contribution in [0.4, 0.5) is 0 Å². The van der Waals surface area contributed by atoms with Crippen molar-refractivity contribution in [3.8, 4) is 11.5 Å². The second-order valence-corrected chi connectivity index (χ2v) is 4.11. The first-order valence-corrected chi connectivity index (χ1v) is 6.38. The molecule has 0 heterocycles. The Morgan fingerprint density at radius 3 is 2.56 bits per heavy atom. The maximum atomic E-state index is 5.63. The Labute approximate surface area is 103 Å². The molecule has 0 aromatic heterocycles. The van der Waals surface area contributed by atoms with Crippen LogP contribution in [0.15, 0.2) is 24.3 Å². The van der Waals surface area contributed by atoms with Crippen molar-refractivity contribution >= 4 is 12.6 Å². The summed E-state index contributed by atoms with van der Waals surface area (Å²) in [6.45, 7) is 0.778. The molecule has 0 radical (unpaired) electrons. The van der Waals surface area contributed by atoms with Gasteiger partial charge >= 0.3 is 0 Å². The van der Waals surface area contributed by atoms with Gasteiger partial charge in [0, 0.05) is 6.07 Å². The van der Waals surface area contributed by atoms with Crippen LogP contribution >= 0.6 is 12.6 Å². The fourth-order valence-electron chi connectivity index (χ4n) is 1.45. The van der Waals surface area contributed by atoms with Gasteiger partial charge in [-0.1, -0.05) is 18.9 Å². The number of thiol groups is 1. The molecule has 0 spiro atoms. The van der Waals surface area contributed by atoms with Crippen LogP contribution in [0.5, 0.6) is 11.5 Å². The lowest BCUT2D eigenvalue weighted by Crippen LogP contribution is -1.97. The minimum absolute atomic E-state index is 0.778. The highest BCUT2D eigenvalue weighted by Crippen LogP contribution is 2.19. The molecule has 16 heavy (non-hydrogen) atoms. The third-order valence-electron chi connectivity index (χ3n) is 2.36. The van der Waals surface area contributed by atoms with Crippen LogP contribution in [0, 0.1) is 0 Å². The Bertz CT molecular complexity index is 289. The van der Waals surface area contributed by atoms with Crippen molar-refractivity contribution < 1.29 is 9.47 Å². The average Bonchev–Trinajstić information content (AvgIpc) is 2.34. The van der Waals surface area contributed by atoms with Crippen LogP contribution < -0.4 is 9.47 Å². The molecule has 90 valence electrons. The summed E-state index contributed by atoms with van der Waals surface area (Å²) in [5.74, 6) is 2.71. The Morgan fingerprint density at radius 1 is 1.06 bits per heavy atom. The highest BCUT2D eigenvalue weighted by atomic mass is 32.1. The molecule has 0 aliphatic rings. The first kappa shape index (κ1) is 13.2. The zero-order chi connectivity index (χ0) is 11.6. The molecule has 0 saturated heterocycles. The molecule has 0 N–H and O–H groups in total. The quantitative estimate of drug-likeness (QED) is 0.553. The molecule has 1 aromatic rings. The summed E-state index contributed by atoms with van der Waals surface area (Å²) in [6.07, 6.45) is 4.75. The van der Waals surface area contributed by atoms with E-state index >= 15 is 0 Å². The smallest absolute Gasteiger partial charge is 0.122 e. The molecule has 2 nitrogen and oxygen atoms in total. The normalized spacial score (nSPS) is 10.1. The molecule has 0 aliphatic carbocycles. The van der Waals surface area contributed by atoms with Gasteiger partial charge in [0.05, 0.1) is 13.7 Å². The van der Waals surface area contributed by atoms with Crippen LogP contribution in [-0.4, -0.2) is 19.5 Å². The number of rotatable bonds is 8. The fourth-order valence-corrected chi connectivity index (χ4v) is 1.67. The van der Waals surface area contributed by atoms with Gasteiger partial charge in [0.2, 0.25) is 0 Å². The summed E-state index contributed by atoms with van der Waals surface area (Å²) in [5.41, 5.74) is 0. The molecule has 3 heteroatoms. The number of unbranched alkanes of at least 4 members (excludes halogenated alkanes) is 3. The monoisotopic (exact) mass is 240 g/mol. The van der Waals surface area contributed by atoms with Crippen LogP contribution in [0.3, 0.4) is 0 Å². The van der Waals surface area contributed by atoms with Gasteiger partial charge in [0.25, 0.3) is 0 Å². The van der Waals surface area contributed by atoms with Gasteiger partial charge in [-0.2, -0.15) is 12.6 Å². The van der Waals surface area contributed by atoms with Crippen molar-refractivity contribution in [2.75, 3.05) is 19.5 Å². The Hall–Kier alpha value is -0.830. The van der Waals surface area contributed by atoms with E-state index in [-0.39, 0.29) is 0 Å². The Balaban J connectivity index is 2.16. The van der Waals surface area contributed by atoms with Crippen molar-refractivity contribution in [2.24, 2.45) is 0 Å².